The summed E-state index contributed by atoms with van der Waals surface area (Å²) in [6.45, 7) is 5.75. The number of H-pyrrole nitrogens is 1. The van der Waals surface area contributed by atoms with Crippen LogP contribution in [0, 0.1) is 18.3 Å². The highest BCUT2D eigenvalue weighted by atomic mass is 32.2. The van der Waals surface area contributed by atoms with Crippen LogP contribution in [0.2, 0.25) is 0 Å². The SMILES string of the molecule is CCc1cccc(C)c1NC(=O)C(C)Sc1nc(-c2ccccc2)c(C#N)c(=O)[nH]1. The number of aromatic nitrogens is 2. The number of rotatable bonds is 6. The largest absolute Gasteiger partial charge is 0.325 e. The maximum absolute atomic E-state index is 12.8. The van der Waals surface area contributed by atoms with E-state index < -0.39 is 10.8 Å². The third-order valence-corrected chi connectivity index (χ3v) is 5.69. The second-order valence-electron chi connectivity index (χ2n) is 6.78. The lowest BCUT2D eigenvalue weighted by atomic mass is 10.1. The standard InChI is InChI=1S/C23H22N4O2S/c1-4-16-12-8-9-14(2)19(16)25-21(28)15(3)30-23-26-20(17-10-6-5-7-11-17)18(13-24)22(29)27-23/h5-12,15H,4H2,1-3H3,(H,25,28)(H,26,27,29). The molecule has 3 rings (SSSR count). The highest BCUT2D eigenvalue weighted by molar-refractivity contribution is 8.00. The molecule has 0 aliphatic rings. The molecule has 0 aliphatic heterocycles. The summed E-state index contributed by atoms with van der Waals surface area (Å²) < 4.78 is 0. The van der Waals surface area contributed by atoms with Crippen molar-refractivity contribution in [3.05, 3.63) is 75.6 Å². The fraction of sp³-hybridized carbons (Fsp3) is 0.217. The van der Waals surface area contributed by atoms with Crippen LogP contribution >= 0.6 is 11.8 Å². The Labute approximate surface area is 179 Å². The minimum absolute atomic E-state index is 0.0462. The Bertz CT molecular complexity index is 1170. The number of anilines is 1. The van der Waals surface area contributed by atoms with Gasteiger partial charge in [-0.05, 0) is 31.4 Å². The Hall–Kier alpha value is -3.37. The quantitative estimate of drug-likeness (QED) is 0.459. The molecule has 2 aromatic carbocycles. The molecule has 0 radical (unpaired) electrons. The molecule has 30 heavy (non-hydrogen) atoms. The van der Waals surface area contributed by atoms with E-state index in [1.807, 2.05) is 56.3 Å². The lowest BCUT2D eigenvalue weighted by molar-refractivity contribution is -0.115. The highest BCUT2D eigenvalue weighted by Gasteiger charge is 2.20. The minimum atomic E-state index is -0.520. The Kier molecular flexibility index (Phi) is 6.70. The normalized spacial score (nSPS) is 11.5. The molecule has 6 nitrogen and oxygen atoms in total. The molecular formula is C23H22N4O2S. The predicted octanol–water partition coefficient (Wildman–Crippen LogP) is 4.30. The summed E-state index contributed by atoms with van der Waals surface area (Å²) >= 11 is 1.14. The van der Waals surface area contributed by atoms with Gasteiger partial charge in [-0.15, -0.1) is 0 Å². The van der Waals surface area contributed by atoms with E-state index >= 15 is 0 Å². The molecule has 0 saturated heterocycles. The predicted molar refractivity (Wildman–Crippen MR) is 120 cm³/mol. The molecule has 0 bridgehead atoms. The second kappa shape index (κ2) is 9.42. The molecule has 0 spiro atoms. The van der Waals surface area contributed by atoms with Crippen LogP contribution in [-0.4, -0.2) is 21.1 Å². The summed E-state index contributed by atoms with van der Waals surface area (Å²) in [6.07, 6.45) is 0.809. The van der Waals surface area contributed by atoms with Crippen LogP contribution in [0.3, 0.4) is 0 Å². The average Bonchev–Trinajstić information content (AvgIpc) is 2.75. The van der Waals surface area contributed by atoms with Crippen molar-refractivity contribution in [2.75, 3.05) is 5.32 Å². The van der Waals surface area contributed by atoms with Crippen molar-refractivity contribution in [1.82, 2.24) is 9.97 Å². The lowest BCUT2D eigenvalue weighted by Crippen LogP contribution is -2.24. The van der Waals surface area contributed by atoms with Crippen LogP contribution in [-0.2, 0) is 11.2 Å². The van der Waals surface area contributed by atoms with Gasteiger partial charge in [-0.3, -0.25) is 9.59 Å². The fourth-order valence-corrected chi connectivity index (χ4v) is 3.86. The molecule has 0 aliphatic carbocycles. The van der Waals surface area contributed by atoms with Crippen molar-refractivity contribution in [2.45, 2.75) is 37.6 Å². The molecule has 1 aromatic heterocycles. The van der Waals surface area contributed by atoms with Crippen molar-refractivity contribution in [3.8, 4) is 17.3 Å². The van der Waals surface area contributed by atoms with Crippen molar-refractivity contribution in [3.63, 3.8) is 0 Å². The number of thioether (sulfide) groups is 1. The number of nitrogens with one attached hydrogen (secondary N) is 2. The summed E-state index contributed by atoms with van der Waals surface area (Å²) in [7, 11) is 0. The molecular weight excluding hydrogens is 396 g/mol. The van der Waals surface area contributed by atoms with Gasteiger partial charge in [0, 0.05) is 11.3 Å². The van der Waals surface area contributed by atoms with Gasteiger partial charge in [-0.1, -0.05) is 67.2 Å². The Morgan fingerprint density at radius 1 is 1.23 bits per heavy atom. The first-order valence-corrected chi connectivity index (χ1v) is 10.5. The molecule has 152 valence electrons. The number of aromatic amines is 1. The van der Waals surface area contributed by atoms with Gasteiger partial charge in [-0.25, -0.2) is 4.98 Å². The molecule has 1 atom stereocenters. The van der Waals surface area contributed by atoms with Crippen molar-refractivity contribution in [2.24, 2.45) is 0 Å². The van der Waals surface area contributed by atoms with E-state index in [0.29, 0.717) is 16.4 Å². The summed E-state index contributed by atoms with van der Waals surface area (Å²) in [5.41, 5.74) is 3.30. The fourth-order valence-electron chi connectivity index (χ4n) is 3.06. The summed E-state index contributed by atoms with van der Waals surface area (Å²) in [5, 5.41) is 12.2. The first kappa shape index (κ1) is 21.3. The zero-order valence-electron chi connectivity index (χ0n) is 17.0. The van der Waals surface area contributed by atoms with Crippen molar-refractivity contribution in [1.29, 1.82) is 5.26 Å². The van der Waals surface area contributed by atoms with Crippen LogP contribution in [0.1, 0.15) is 30.5 Å². The van der Waals surface area contributed by atoms with E-state index in [1.54, 1.807) is 19.1 Å². The van der Waals surface area contributed by atoms with Gasteiger partial charge >= 0.3 is 0 Å². The molecule has 7 heteroatoms. The van der Waals surface area contributed by atoms with Crippen LogP contribution in [0.15, 0.2) is 58.5 Å². The molecule has 2 N–H and O–H groups in total. The van der Waals surface area contributed by atoms with Crippen LogP contribution in [0.25, 0.3) is 11.3 Å². The van der Waals surface area contributed by atoms with Crippen molar-refractivity contribution >= 4 is 23.4 Å². The molecule has 1 heterocycles. The van der Waals surface area contributed by atoms with E-state index in [1.165, 1.54) is 0 Å². The topological polar surface area (TPSA) is 98.6 Å². The number of nitriles is 1. The van der Waals surface area contributed by atoms with Gasteiger partial charge < -0.3 is 10.3 Å². The maximum atomic E-state index is 12.8. The molecule has 0 fully saturated rings. The first-order chi connectivity index (χ1) is 14.4. The third-order valence-electron chi connectivity index (χ3n) is 4.70. The van der Waals surface area contributed by atoms with Gasteiger partial charge in [0.25, 0.3) is 5.56 Å². The number of hydrogen-bond donors (Lipinski definition) is 2. The number of carbonyl (C=O) groups is 1. The number of para-hydroxylation sites is 1. The lowest BCUT2D eigenvalue weighted by Gasteiger charge is -2.16. The van der Waals surface area contributed by atoms with Crippen molar-refractivity contribution < 1.29 is 4.79 Å². The van der Waals surface area contributed by atoms with Crippen LogP contribution < -0.4 is 10.9 Å². The highest BCUT2D eigenvalue weighted by Crippen LogP contribution is 2.26. The summed E-state index contributed by atoms with van der Waals surface area (Å²) in [4.78, 5) is 32.3. The Balaban J connectivity index is 1.86. The van der Waals surface area contributed by atoms with E-state index in [-0.39, 0.29) is 11.5 Å². The summed E-state index contributed by atoms with van der Waals surface area (Å²) in [6, 6.07) is 16.9. The van der Waals surface area contributed by atoms with Crippen LogP contribution in [0.4, 0.5) is 5.69 Å². The zero-order valence-corrected chi connectivity index (χ0v) is 17.8. The number of hydrogen-bond acceptors (Lipinski definition) is 5. The number of aryl methyl sites for hydroxylation is 2. The van der Waals surface area contributed by atoms with Crippen LogP contribution in [0.5, 0.6) is 0 Å². The minimum Gasteiger partial charge on any atom is -0.325 e. The molecule has 1 unspecified atom stereocenters. The number of nitrogens with zero attached hydrogens (tertiary/aromatic N) is 2. The Morgan fingerprint density at radius 2 is 1.97 bits per heavy atom. The number of carbonyl (C=O) groups excluding carboxylic acids is 1. The van der Waals surface area contributed by atoms with Gasteiger partial charge in [0.1, 0.15) is 11.6 Å². The first-order valence-electron chi connectivity index (χ1n) is 9.60. The molecule has 3 aromatic rings. The monoisotopic (exact) mass is 418 g/mol. The van der Waals surface area contributed by atoms with Gasteiger partial charge in [0.2, 0.25) is 5.91 Å². The van der Waals surface area contributed by atoms with E-state index in [0.717, 1.165) is 35.0 Å². The van der Waals surface area contributed by atoms with E-state index in [9.17, 15) is 14.9 Å². The zero-order chi connectivity index (χ0) is 21.7. The maximum Gasteiger partial charge on any atom is 0.270 e. The third kappa shape index (κ3) is 4.61. The Morgan fingerprint density at radius 3 is 2.63 bits per heavy atom. The smallest absolute Gasteiger partial charge is 0.270 e. The number of benzene rings is 2. The van der Waals surface area contributed by atoms with Gasteiger partial charge in [-0.2, -0.15) is 5.26 Å². The molecule has 0 saturated carbocycles. The number of amides is 1. The average molecular weight is 419 g/mol. The van der Waals surface area contributed by atoms with Gasteiger partial charge in [0.15, 0.2) is 5.16 Å². The van der Waals surface area contributed by atoms with E-state index in [4.69, 9.17) is 0 Å². The van der Waals surface area contributed by atoms with Gasteiger partial charge in [0.05, 0.1) is 10.9 Å². The van der Waals surface area contributed by atoms with E-state index in [2.05, 4.69) is 15.3 Å². The second-order valence-corrected chi connectivity index (χ2v) is 8.11. The molecule has 1 amide bonds. The summed E-state index contributed by atoms with van der Waals surface area (Å²) in [5.74, 6) is -0.183.